The van der Waals surface area contributed by atoms with Crippen molar-refractivity contribution in [2.24, 2.45) is 0 Å². The second-order valence-corrected chi connectivity index (χ2v) is 5.44. The van der Waals surface area contributed by atoms with Crippen molar-refractivity contribution in [1.29, 1.82) is 0 Å². The van der Waals surface area contributed by atoms with Crippen molar-refractivity contribution in [2.75, 3.05) is 6.54 Å². The smallest absolute Gasteiger partial charge is 0.158 e. The standard InChI is InChI=1S/C13H17IN4/c1-3-6-15-10(2)12-5-4-7-16-13(12)18-9-11(14)8-17-18/h4-5,7-10,15H,3,6H2,1-2H3. The first kappa shape index (κ1) is 13.5. The van der Waals surface area contributed by atoms with Crippen LogP contribution in [0.1, 0.15) is 31.9 Å². The molecule has 5 heteroatoms. The lowest BCUT2D eigenvalue weighted by molar-refractivity contribution is 0.564. The first-order valence-corrected chi connectivity index (χ1v) is 7.19. The first-order valence-electron chi connectivity index (χ1n) is 6.11. The number of halogens is 1. The van der Waals surface area contributed by atoms with E-state index in [1.165, 1.54) is 5.56 Å². The third-order valence-corrected chi connectivity index (χ3v) is 3.31. The summed E-state index contributed by atoms with van der Waals surface area (Å²) >= 11 is 2.25. The van der Waals surface area contributed by atoms with Crippen molar-refractivity contribution in [1.82, 2.24) is 20.1 Å². The SMILES string of the molecule is CCCNC(C)c1cccnc1-n1cc(I)cn1. The van der Waals surface area contributed by atoms with Gasteiger partial charge in [0.1, 0.15) is 0 Å². The highest BCUT2D eigenvalue weighted by molar-refractivity contribution is 14.1. The topological polar surface area (TPSA) is 42.7 Å². The van der Waals surface area contributed by atoms with E-state index in [9.17, 15) is 0 Å². The van der Waals surface area contributed by atoms with Crippen LogP contribution >= 0.6 is 22.6 Å². The van der Waals surface area contributed by atoms with Crippen LogP contribution in [-0.4, -0.2) is 21.3 Å². The summed E-state index contributed by atoms with van der Waals surface area (Å²) in [6.45, 7) is 5.33. The van der Waals surface area contributed by atoms with Crippen LogP contribution in [0.5, 0.6) is 0 Å². The normalized spacial score (nSPS) is 12.6. The molecule has 0 spiro atoms. The van der Waals surface area contributed by atoms with Crippen LogP contribution in [0, 0.1) is 3.57 Å². The molecule has 0 aromatic carbocycles. The number of nitrogens with one attached hydrogen (secondary N) is 1. The summed E-state index contributed by atoms with van der Waals surface area (Å²) in [5, 5.41) is 7.81. The zero-order chi connectivity index (χ0) is 13.0. The molecule has 0 fully saturated rings. The van der Waals surface area contributed by atoms with Gasteiger partial charge in [0.05, 0.1) is 9.77 Å². The van der Waals surface area contributed by atoms with Crippen LogP contribution in [0.4, 0.5) is 0 Å². The molecular weight excluding hydrogens is 339 g/mol. The summed E-state index contributed by atoms with van der Waals surface area (Å²) in [5.41, 5.74) is 1.17. The van der Waals surface area contributed by atoms with E-state index >= 15 is 0 Å². The molecule has 0 aliphatic rings. The van der Waals surface area contributed by atoms with Gasteiger partial charge in [-0.25, -0.2) is 9.67 Å². The van der Waals surface area contributed by atoms with E-state index < -0.39 is 0 Å². The lowest BCUT2D eigenvalue weighted by atomic mass is 10.1. The maximum atomic E-state index is 4.45. The van der Waals surface area contributed by atoms with E-state index in [1.54, 1.807) is 6.20 Å². The van der Waals surface area contributed by atoms with Gasteiger partial charge in [0.25, 0.3) is 0 Å². The van der Waals surface area contributed by atoms with Crippen LogP contribution in [0.3, 0.4) is 0 Å². The molecular formula is C13H17IN4. The molecule has 4 nitrogen and oxygen atoms in total. The van der Waals surface area contributed by atoms with Crippen LogP contribution in [0.2, 0.25) is 0 Å². The molecule has 1 N–H and O–H groups in total. The summed E-state index contributed by atoms with van der Waals surface area (Å²) in [6, 6.07) is 4.34. The minimum absolute atomic E-state index is 0.274. The number of rotatable bonds is 5. The van der Waals surface area contributed by atoms with Gasteiger partial charge in [0, 0.05) is 24.0 Å². The predicted molar refractivity (Wildman–Crippen MR) is 80.8 cm³/mol. The molecule has 96 valence electrons. The zero-order valence-electron chi connectivity index (χ0n) is 10.6. The number of hydrogen-bond donors (Lipinski definition) is 1. The highest BCUT2D eigenvalue weighted by atomic mass is 127. The molecule has 0 aliphatic heterocycles. The third kappa shape index (κ3) is 3.08. The Balaban J connectivity index is 2.30. The van der Waals surface area contributed by atoms with Crippen LogP contribution in [-0.2, 0) is 0 Å². The van der Waals surface area contributed by atoms with Crippen molar-refractivity contribution in [3.63, 3.8) is 0 Å². The van der Waals surface area contributed by atoms with E-state index in [4.69, 9.17) is 0 Å². The Morgan fingerprint density at radius 1 is 1.50 bits per heavy atom. The molecule has 2 aromatic rings. The number of aromatic nitrogens is 3. The summed E-state index contributed by atoms with van der Waals surface area (Å²) < 4.78 is 2.94. The van der Waals surface area contributed by atoms with Gasteiger partial charge in [0.15, 0.2) is 5.82 Å². The Morgan fingerprint density at radius 2 is 2.33 bits per heavy atom. The molecule has 0 saturated carbocycles. The van der Waals surface area contributed by atoms with Gasteiger partial charge >= 0.3 is 0 Å². The van der Waals surface area contributed by atoms with Gasteiger partial charge in [-0.15, -0.1) is 0 Å². The second-order valence-electron chi connectivity index (χ2n) is 4.20. The van der Waals surface area contributed by atoms with E-state index in [0.717, 1.165) is 22.4 Å². The Kier molecular flexibility index (Phi) is 4.71. The fourth-order valence-electron chi connectivity index (χ4n) is 1.83. The monoisotopic (exact) mass is 356 g/mol. The van der Waals surface area contributed by atoms with Gasteiger partial charge in [-0.05, 0) is 48.5 Å². The van der Waals surface area contributed by atoms with E-state index in [0.29, 0.717) is 0 Å². The van der Waals surface area contributed by atoms with Gasteiger partial charge in [-0.3, -0.25) is 0 Å². The molecule has 2 rings (SSSR count). The van der Waals surface area contributed by atoms with Crippen LogP contribution < -0.4 is 5.32 Å². The minimum atomic E-state index is 0.274. The van der Waals surface area contributed by atoms with E-state index in [-0.39, 0.29) is 6.04 Å². The van der Waals surface area contributed by atoms with E-state index in [1.807, 2.05) is 23.1 Å². The second kappa shape index (κ2) is 6.29. The maximum Gasteiger partial charge on any atom is 0.158 e. The van der Waals surface area contributed by atoms with Crippen molar-refractivity contribution in [2.45, 2.75) is 26.3 Å². The molecule has 0 saturated heterocycles. The Bertz CT molecular complexity index is 509. The van der Waals surface area contributed by atoms with Crippen molar-refractivity contribution >= 4 is 22.6 Å². The quantitative estimate of drug-likeness (QED) is 0.838. The number of pyridine rings is 1. The highest BCUT2D eigenvalue weighted by Crippen LogP contribution is 2.19. The minimum Gasteiger partial charge on any atom is -0.310 e. The molecule has 2 aromatic heterocycles. The lowest BCUT2D eigenvalue weighted by Gasteiger charge is -2.16. The van der Waals surface area contributed by atoms with Crippen LogP contribution in [0.15, 0.2) is 30.7 Å². The van der Waals surface area contributed by atoms with E-state index in [2.05, 4.69) is 57.9 Å². The number of nitrogens with zero attached hydrogens (tertiary/aromatic N) is 3. The molecule has 2 heterocycles. The van der Waals surface area contributed by atoms with Gasteiger partial charge in [-0.1, -0.05) is 13.0 Å². The summed E-state index contributed by atoms with van der Waals surface area (Å²) in [6.07, 6.45) is 6.75. The summed E-state index contributed by atoms with van der Waals surface area (Å²) in [4.78, 5) is 4.45. The van der Waals surface area contributed by atoms with Gasteiger partial charge < -0.3 is 5.32 Å². The third-order valence-electron chi connectivity index (χ3n) is 2.75. The first-order chi connectivity index (χ1) is 8.72. The maximum absolute atomic E-state index is 4.45. The van der Waals surface area contributed by atoms with Crippen molar-refractivity contribution in [3.8, 4) is 5.82 Å². The highest BCUT2D eigenvalue weighted by Gasteiger charge is 2.12. The van der Waals surface area contributed by atoms with Gasteiger partial charge in [-0.2, -0.15) is 5.10 Å². The fraction of sp³-hybridized carbons (Fsp3) is 0.385. The predicted octanol–water partition coefficient (Wildman–Crippen LogP) is 2.93. The largest absolute Gasteiger partial charge is 0.310 e. The Labute approximate surface area is 121 Å². The molecule has 0 amide bonds. The molecule has 18 heavy (non-hydrogen) atoms. The van der Waals surface area contributed by atoms with Crippen LogP contribution in [0.25, 0.3) is 5.82 Å². The molecule has 1 unspecified atom stereocenters. The molecule has 1 atom stereocenters. The zero-order valence-corrected chi connectivity index (χ0v) is 12.8. The average molecular weight is 356 g/mol. The van der Waals surface area contributed by atoms with Crippen molar-refractivity contribution in [3.05, 3.63) is 39.9 Å². The van der Waals surface area contributed by atoms with Crippen molar-refractivity contribution < 1.29 is 0 Å². The molecule has 0 bridgehead atoms. The molecule has 0 aliphatic carbocycles. The Hall–Kier alpha value is -0.950. The molecule has 0 radical (unpaired) electrons. The summed E-state index contributed by atoms with van der Waals surface area (Å²) in [5.74, 6) is 0.900. The fourth-order valence-corrected chi connectivity index (χ4v) is 2.21. The average Bonchev–Trinajstić information content (AvgIpc) is 2.82. The number of hydrogen-bond acceptors (Lipinski definition) is 3. The lowest BCUT2D eigenvalue weighted by Crippen LogP contribution is -2.21. The summed E-state index contributed by atoms with van der Waals surface area (Å²) in [7, 11) is 0. The van der Waals surface area contributed by atoms with Gasteiger partial charge in [0.2, 0.25) is 0 Å². The Morgan fingerprint density at radius 3 is 3.00 bits per heavy atom.